The summed E-state index contributed by atoms with van der Waals surface area (Å²) < 4.78 is 12.6. The Labute approximate surface area is 258 Å². The van der Waals surface area contributed by atoms with E-state index in [2.05, 4.69) is 149 Å². The molecule has 0 unspecified atom stereocenters. The fraction of sp³-hybridized carbons (Fsp3) is 0.175. The van der Waals surface area contributed by atoms with E-state index in [9.17, 15) is 0 Å². The zero-order valence-corrected chi connectivity index (χ0v) is 25.4. The average Bonchev–Trinajstić information content (AvgIpc) is 3.59. The highest BCUT2D eigenvalue weighted by Crippen LogP contribution is 2.62. The van der Waals surface area contributed by atoms with Crippen LogP contribution in [0.1, 0.15) is 49.9 Å². The van der Waals surface area contributed by atoms with E-state index in [0.717, 1.165) is 27.6 Å². The van der Waals surface area contributed by atoms with Gasteiger partial charge in [0.1, 0.15) is 0 Å². The fourth-order valence-electron chi connectivity index (χ4n) is 7.68. The van der Waals surface area contributed by atoms with Crippen LogP contribution in [0.5, 0.6) is 0 Å². The Kier molecular flexibility index (Phi) is 5.18. The van der Waals surface area contributed by atoms with Crippen LogP contribution in [0, 0.1) is 0 Å². The summed E-state index contributed by atoms with van der Waals surface area (Å²) in [4.78, 5) is 5.17. The lowest BCUT2D eigenvalue weighted by Gasteiger charge is -2.32. The highest BCUT2D eigenvalue weighted by molar-refractivity contribution is 6.62. The van der Waals surface area contributed by atoms with Crippen molar-refractivity contribution in [2.24, 2.45) is 0 Å². The van der Waals surface area contributed by atoms with Crippen molar-refractivity contribution in [3.05, 3.63) is 144 Å². The van der Waals surface area contributed by atoms with Crippen LogP contribution in [0.4, 0.5) is 0 Å². The van der Waals surface area contributed by atoms with Crippen LogP contribution in [0.15, 0.2) is 121 Å². The van der Waals surface area contributed by atoms with E-state index in [1.807, 2.05) is 0 Å². The summed E-state index contributed by atoms with van der Waals surface area (Å²) >= 11 is 0. The molecule has 0 amide bonds. The highest BCUT2D eigenvalue weighted by atomic mass is 16.7. The van der Waals surface area contributed by atoms with Crippen LogP contribution in [-0.2, 0) is 14.7 Å². The summed E-state index contributed by atoms with van der Waals surface area (Å²) in [6.45, 7) is 8.35. The van der Waals surface area contributed by atoms with Crippen molar-refractivity contribution in [3.8, 4) is 33.5 Å². The van der Waals surface area contributed by atoms with Crippen molar-refractivity contribution in [1.82, 2.24) is 4.98 Å². The molecule has 1 aromatic heterocycles. The molecule has 1 saturated heterocycles. The molecule has 4 heteroatoms. The molecule has 44 heavy (non-hydrogen) atoms. The standard InChI is InChI=1S/C40H32BNO2/c1-38(2)39(3,4)44-41(43-38)27-19-22-37-25(23-27)18-21-36(42-37)26-17-20-31-30-13-7-10-16-34(30)40(35(31)24-26)32-14-8-5-11-28(32)29-12-6-9-15-33(29)40/h5-24H,1-4H3. The van der Waals surface area contributed by atoms with E-state index in [4.69, 9.17) is 14.3 Å². The molecule has 1 fully saturated rings. The van der Waals surface area contributed by atoms with Gasteiger partial charge < -0.3 is 9.31 Å². The molecule has 0 bridgehead atoms. The summed E-state index contributed by atoms with van der Waals surface area (Å²) in [6, 6.07) is 44.4. The van der Waals surface area contributed by atoms with Crippen molar-refractivity contribution in [1.29, 1.82) is 0 Å². The Hall–Kier alpha value is -4.51. The third-order valence-electron chi connectivity index (χ3n) is 10.5. The van der Waals surface area contributed by atoms with Crippen LogP contribution in [0.2, 0.25) is 0 Å². The van der Waals surface area contributed by atoms with E-state index in [-0.39, 0.29) is 16.6 Å². The summed E-state index contributed by atoms with van der Waals surface area (Å²) in [5.41, 5.74) is 13.6. The number of benzene rings is 5. The van der Waals surface area contributed by atoms with Gasteiger partial charge in [-0.3, -0.25) is 0 Å². The van der Waals surface area contributed by atoms with Gasteiger partial charge in [-0.2, -0.15) is 0 Å². The largest absolute Gasteiger partial charge is 0.494 e. The maximum absolute atomic E-state index is 6.31. The highest BCUT2D eigenvalue weighted by Gasteiger charge is 2.52. The number of pyridine rings is 1. The molecule has 6 aromatic rings. The van der Waals surface area contributed by atoms with Crippen LogP contribution < -0.4 is 5.46 Å². The van der Waals surface area contributed by atoms with Gasteiger partial charge in [0.15, 0.2) is 0 Å². The number of hydrogen-bond donors (Lipinski definition) is 0. The number of fused-ring (bicyclic) bond motifs is 11. The van der Waals surface area contributed by atoms with E-state index < -0.39 is 7.12 Å². The second-order valence-electron chi connectivity index (χ2n) is 13.4. The van der Waals surface area contributed by atoms with Crippen LogP contribution >= 0.6 is 0 Å². The van der Waals surface area contributed by atoms with Crippen molar-refractivity contribution >= 4 is 23.5 Å². The summed E-state index contributed by atoms with van der Waals surface area (Å²) in [6.07, 6.45) is 0. The molecule has 9 rings (SSSR count). The monoisotopic (exact) mass is 569 g/mol. The molecule has 1 spiro atoms. The molecule has 2 aliphatic carbocycles. The zero-order valence-electron chi connectivity index (χ0n) is 25.4. The van der Waals surface area contributed by atoms with Gasteiger partial charge in [-0.05, 0) is 101 Å². The molecule has 0 N–H and O–H groups in total. The lowest BCUT2D eigenvalue weighted by atomic mass is 9.70. The Morgan fingerprint density at radius 2 is 1.07 bits per heavy atom. The topological polar surface area (TPSA) is 31.4 Å². The quantitative estimate of drug-likeness (QED) is 0.196. The molecular formula is C40H32BNO2. The third-order valence-corrected chi connectivity index (χ3v) is 10.5. The zero-order chi connectivity index (χ0) is 29.8. The van der Waals surface area contributed by atoms with Crippen molar-refractivity contribution in [3.63, 3.8) is 0 Å². The first-order valence-corrected chi connectivity index (χ1v) is 15.5. The van der Waals surface area contributed by atoms with Crippen molar-refractivity contribution in [2.75, 3.05) is 0 Å². The molecular weight excluding hydrogens is 537 g/mol. The van der Waals surface area contributed by atoms with Gasteiger partial charge in [-0.25, -0.2) is 4.98 Å². The van der Waals surface area contributed by atoms with Crippen molar-refractivity contribution in [2.45, 2.75) is 44.3 Å². The summed E-state index contributed by atoms with van der Waals surface area (Å²) in [5.74, 6) is 0. The number of nitrogens with zero attached hydrogens (tertiary/aromatic N) is 1. The molecule has 2 heterocycles. The molecule has 0 atom stereocenters. The second kappa shape index (κ2) is 8.78. The van der Waals surface area contributed by atoms with E-state index in [0.29, 0.717) is 0 Å². The minimum Gasteiger partial charge on any atom is -0.399 e. The predicted molar refractivity (Wildman–Crippen MR) is 179 cm³/mol. The number of hydrogen-bond acceptors (Lipinski definition) is 3. The molecule has 212 valence electrons. The number of rotatable bonds is 2. The van der Waals surface area contributed by atoms with Gasteiger partial charge in [0.2, 0.25) is 0 Å². The first-order valence-electron chi connectivity index (χ1n) is 15.5. The first kappa shape index (κ1) is 25.9. The van der Waals surface area contributed by atoms with Gasteiger partial charge in [0, 0.05) is 5.56 Å². The molecule has 3 nitrogen and oxygen atoms in total. The fourth-order valence-corrected chi connectivity index (χ4v) is 7.68. The third kappa shape index (κ3) is 3.33. The predicted octanol–water partition coefficient (Wildman–Crippen LogP) is 8.54. The minimum absolute atomic E-state index is 0.357. The Balaban J connectivity index is 1.18. The number of aromatic nitrogens is 1. The van der Waals surface area contributed by atoms with Gasteiger partial charge in [-0.1, -0.05) is 103 Å². The first-order chi connectivity index (χ1) is 21.3. The second-order valence-corrected chi connectivity index (χ2v) is 13.4. The van der Waals surface area contributed by atoms with Gasteiger partial charge in [-0.15, -0.1) is 0 Å². The van der Waals surface area contributed by atoms with Gasteiger partial charge in [0.25, 0.3) is 0 Å². The molecule has 5 aromatic carbocycles. The van der Waals surface area contributed by atoms with Crippen molar-refractivity contribution < 1.29 is 9.31 Å². The minimum atomic E-state index is -0.393. The average molecular weight is 570 g/mol. The molecule has 3 aliphatic rings. The molecule has 0 saturated carbocycles. The smallest absolute Gasteiger partial charge is 0.399 e. The van der Waals surface area contributed by atoms with Crippen LogP contribution in [0.3, 0.4) is 0 Å². The van der Waals surface area contributed by atoms with Crippen LogP contribution in [-0.4, -0.2) is 23.3 Å². The lowest BCUT2D eigenvalue weighted by Crippen LogP contribution is -2.41. The maximum atomic E-state index is 6.31. The van der Waals surface area contributed by atoms with E-state index >= 15 is 0 Å². The van der Waals surface area contributed by atoms with E-state index in [1.165, 1.54) is 44.5 Å². The SMILES string of the molecule is CC1(C)OB(c2ccc3nc(-c4ccc5c(c4)C4(c6ccccc6-c6ccccc64)c4ccccc4-5)ccc3c2)OC1(C)C. The van der Waals surface area contributed by atoms with Gasteiger partial charge >= 0.3 is 7.12 Å². The van der Waals surface area contributed by atoms with E-state index in [1.54, 1.807) is 0 Å². The Morgan fingerprint density at radius 3 is 1.66 bits per heavy atom. The maximum Gasteiger partial charge on any atom is 0.494 e. The van der Waals surface area contributed by atoms with Gasteiger partial charge in [0.05, 0.1) is 27.8 Å². The lowest BCUT2D eigenvalue weighted by molar-refractivity contribution is 0.00578. The Bertz CT molecular complexity index is 2080. The molecule has 0 radical (unpaired) electrons. The molecule has 1 aliphatic heterocycles. The summed E-state index contributed by atoms with van der Waals surface area (Å²) in [5, 5.41) is 1.07. The Morgan fingerprint density at radius 1 is 0.523 bits per heavy atom. The van der Waals surface area contributed by atoms with Crippen LogP contribution in [0.25, 0.3) is 44.4 Å². The normalized spacial score (nSPS) is 17.9. The summed E-state index contributed by atoms with van der Waals surface area (Å²) in [7, 11) is -0.393.